The molecular formula is C25H22F6N2O5. The van der Waals surface area contributed by atoms with Crippen molar-refractivity contribution in [3.8, 4) is 11.6 Å². The number of pyridine rings is 1. The largest absolute Gasteiger partial charge is 0.486 e. The second-order valence-corrected chi connectivity index (χ2v) is 8.82. The Morgan fingerprint density at radius 2 is 1.58 bits per heavy atom. The predicted octanol–water partition coefficient (Wildman–Crippen LogP) is 5.61. The molecule has 7 nitrogen and oxygen atoms in total. The molecule has 1 aromatic heterocycles. The second kappa shape index (κ2) is 10.4. The molecule has 0 bridgehead atoms. The van der Waals surface area contributed by atoms with Crippen LogP contribution in [0.25, 0.3) is 10.9 Å². The van der Waals surface area contributed by atoms with Crippen molar-refractivity contribution >= 4 is 22.8 Å². The normalized spacial score (nSPS) is 13.2. The number of amides is 1. The van der Waals surface area contributed by atoms with Crippen LogP contribution in [0.2, 0.25) is 0 Å². The number of benzene rings is 2. The number of halogens is 6. The molecule has 0 spiro atoms. The third-order valence-electron chi connectivity index (χ3n) is 5.88. The maximum absolute atomic E-state index is 13.5. The first-order valence-electron chi connectivity index (χ1n) is 10.9. The number of fused-ring (bicyclic) bond motifs is 1. The summed E-state index contributed by atoms with van der Waals surface area (Å²) < 4.78 is 90.1. The van der Waals surface area contributed by atoms with Crippen molar-refractivity contribution in [2.45, 2.75) is 38.8 Å². The molecule has 0 unspecified atom stereocenters. The lowest BCUT2D eigenvalue weighted by molar-refractivity contribution is -0.223. The Hall–Kier alpha value is -4.03. The molecule has 0 aliphatic heterocycles. The number of carbonyl (C=O) groups excluding carboxylic acids is 1. The van der Waals surface area contributed by atoms with Crippen LogP contribution in [0.15, 0.2) is 48.5 Å². The highest BCUT2D eigenvalue weighted by atomic mass is 19.4. The van der Waals surface area contributed by atoms with Gasteiger partial charge in [-0.2, -0.15) is 26.3 Å². The number of ether oxygens (including phenoxy) is 2. The summed E-state index contributed by atoms with van der Waals surface area (Å²) >= 11 is 0. The number of nitrogens with zero attached hydrogens (tertiary/aromatic N) is 1. The average molecular weight is 544 g/mol. The van der Waals surface area contributed by atoms with E-state index in [1.165, 1.54) is 25.3 Å². The van der Waals surface area contributed by atoms with Crippen molar-refractivity contribution in [1.82, 2.24) is 10.3 Å². The molecule has 0 aliphatic rings. The van der Waals surface area contributed by atoms with Gasteiger partial charge in [0, 0.05) is 11.5 Å². The molecule has 38 heavy (non-hydrogen) atoms. The molecule has 2 N–H and O–H groups in total. The third-order valence-corrected chi connectivity index (χ3v) is 5.88. The van der Waals surface area contributed by atoms with Crippen molar-refractivity contribution < 1.29 is 50.5 Å². The Kier molecular flexibility index (Phi) is 7.80. The predicted molar refractivity (Wildman–Crippen MR) is 123 cm³/mol. The fourth-order valence-corrected chi connectivity index (χ4v) is 3.45. The number of carbonyl (C=O) groups is 2. The second-order valence-electron chi connectivity index (χ2n) is 8.82. The number of methoxy groups -OCH3 is 1. The molecule has 1 amide bonds. The van der Waals surface area contributed by atoms with Crippen LogP contribution in [-0.2, 0) is 17.6 Å². The Bertz CT molecular complexity index is 1340. The first kappa shape index (κ1) is 28.5. The van der Waals surface area contributed by atoms with E-state index in [-0.39, 0.29) is 34.9 Å². The lowest BCUT2D eigenvalue weighted by Gasteiger charge is -2.33. The van der Waals surface area contributed by atoms with Crippen molar-refractivity contribution in [3.63, 3.8) is 0 Å². The van der Waals surface area contributed by atoms with Crippen LogP contribution in [0, 0.1) is 5.41 Å². The monoisotopic (exact) mass is 544 g/mol. The zero-order chi connectivity index (χ0) is 28.5. The number of aromatic nitrogens is 1. The fourth-order valence-electron chi connectivity index (χ4n) is 3.45. The van der Waals surface area contributed by atoms with E-state index < -0.39 is 41.2 Å². The van der Waals surface area contributed by atoms with E-state index in [0.717, 1.165) is 24.3 Å². The summed E-state index contributed by atoms with van der Waals surface area (Å²) in [6.07, 6.45) is -9.52. The van der Waals surface area contributed by atoms with Gasteiger partial charge in [0.15, 0.2) is 5.75 Å². The van der Waals surface area contributed by atoms with E-state index >= 15 is 0 Å². The van der Waals surface area contributed by atoms with E-state index in [0.29, 0.717) is 19.2 Å². The van der Waals surface area contributed by atoms with Gasteiger partial charge in [0.25, 0.3) is 5.91 Å². The minimum absolute atomic E-state index is 0.0610. The van der Waals surface area contributed by atoms with Crippen molar-refractivity contribution in [1.29, 1.82) is 0 Å². The molecule has 0 saturated carbocycles. The molecular weight excluding hydrogens is 522 g/mol. The van der Waals surface area contributed by atoms with Gasteiger partial charge in [-0.25, -0.2) is 9.78 Å². The average Bonchev–Trinajstić information content (AvgIpc) is 2.83. The van der Waals surface area contributed by atoms with Gasteiger partial charge in [-0.3, -0.25) is 4.79 Å². The third kappa shape index (κ3) is 5.92. The summed E-state index contributed by atoms with van der Waals surface area (Å²) in [5.41, 5.74) is -3.72. The van der Waals surface area contributed by atoms with Crippen LogP contribution >= 0.6 is 0 Å². The molecule has 1 atom stereocenters. The lowest BCUT2D eigenvalue weighted by atomic mass is 9.83. The minimum atomic E-state index is -4.97. The van der Waals surface area contributed by atoms with E-state index in [2.05, 4.69) is 4.98 Å². The van der Waals surface area contributed by atoms with E-state index in [1.807, 2.05) is 5.32 Å². The van der Waals surface area contributed by atoms with Crippen LogP contribution < -0.4 is 14.8 Å². The van der Waals surface area contributed by atoms with Crippen molar-refractivity contribution in [3.05, 3.63) is 65.2 Å². The maximum atomic E-state index is 13.5. The molecule has 0 aliphatic carbocycles. The summed E-state index contributed by atoms with van der Waals surface area (Å²) in [4.78, 5) is 29.0. The molecule has 2 aromatic carbocycles. The number of nitrogens with one attached hydrogen (secondary N) is 1. The topological polar surface area (TPSA) is 97.8 Å². The Labute approximate surface area is 212 Å². The Balaban J connectivity index is 2.03. The van der Waals surface area contributed by atoms with Crippen LogP contribution in [0.1, 0.15) is 35.3 Å². The zero-order valence-electron chi connectivity index (χ0n) is 20.2. The van der Waals surface area contributed by atoms with Crippen LogP contribution in [-0.4, -0.2) is 41.3 Å². The molecule has 1 heterocycles. The summed E-state index contributed by atoms with van der Waals surface area (Å²) in [6, 6.07) is 7.36. The quantitative estimate of drug-likeness (QED) is 0.358. The van der Waals surface area contributed by atoms with Gasteiger partial charge in [-0.05, 0) is 43.7 Å². The highest BCUT2D eigenvalue weighted by Crippen LogP contribution is 2.41. The summed E-state index contributed by atoms with van der Waals surface area (Å²) in [5.74, 6) is -3.22. The summed E-state index contributed by atoms with van der Waals surface area (Å²) in [7, 11) is 1.32. The van der Waals surface area contributed by atoms with Gasteiger partial charge in [-0.15, -0.1) is 0 Å². The summed E-state index contributed by atoms with van der Waals surface area (Å²) in [6.45, 7) is 0.939. The highest BCUT2D eigenvalue weighted by Gasteiger charge is 2.55. The molecule has 3 rings (SSSR count). The molecule has 0 saturated heterocycles. The van der Waals surface area contributed by atoms with Gasteiger partial charge in [0.05, 0.1) is 23.7 Å². The van der Waals surface area contributed by atoms with Crippen LogP contribution in [0.3, 0.4) is 0 Å². The highest BCUT2D eigenvalue weighted by molar-refractivity contribution is 6.04. The van der Waals surface area contributed by atoms with Crippen LogP contribution in [0.4, 0.5) is 26.3 Å². The van der Waals surface area contributed by atoms with Gasteiger partial charge >= 0.3 is 18.3 Å². The standard InChI is InChI=1S/C25H22F6N2O5/c1-23(2,25(29,30)31)20(22(35)36)33-21(34)16-10-6-14-7-11-17(37-3)32-18(14)19(16)38-12-13-4-8-15(9-5-13)24(26,27)28/h4-11,20H,12H2,1-3H3,(H,33,34)(H,35,36)/t20-/m1/s1. The summed E-state index contributed by atoms with van der Waals surface area (Å²) in [5, 5.41) is 11.8. The molecule has 0 fully saturated rings. The van der Waals surface area contributed by atoms with E-state index in [4.69, 9.17) is 9.47 Å². The van der Waals surface area contributed by atoms with Crippen molar-refractivity contribution in [2.24, 2.45) is 5.41 Å². The number of alkyl halides is 6. The molecule has 3 aromatic rings. The zero-order valence-corrected chi connectivity index (χ0v) is 20.2. The smallest absolute Gasteiger partial charge is 0.416 e. The Morgan fingerprint density at radius 1 is 0.974 bits per heavy atom. The number of carboxylic acid groups (broad SMARTS) is 1. The van der Waals surface area contributed by atoms with Gasteiger partial charge in [-0.1, -0.05) is 18.2 Å². The molecule has 0 radical (unpaired) electrons. The first-order chi connectivity index (χ1) is 17.6. The SMILES string of the molecule is COc1ccc2ccc(C(=O)N[C@H](C(=O)O)C(C)(C)C(F)(F)F)c(OCc3ccc(C(F)(F)F)cc3)c2n1. The molecule has 204 valence electrons. The number of aliphatic carboxylic acids is 1. The van der Waals surface area contributed by atoms with Crippen molar-refractivity contribution in [2.75, 3.05) is 7.11 Å². The van der Waals surface area contributed by atoms with Gasteiger partial charge in [0.1, 0.15) is 18.2 Å². The van der Waals surface area contributed by atoms with Crippen LogP contribution in [0.5, 0.6) is 11.6 Å². The van der Waals surface area contributed by atoms with E-state index in [1.54, 1.807) is 6.07 Å². The van der Waals surface area contributed by atoms with Gasteiger partial charge in [0.2, 0.25) is 5.88 Å². The number of carboxylic acids is 1. The van der Waals surface area contributed by atoms with Gasteiger partial charge < -0.3 is 19.9 Å². The number of hydrogen-bond acceptors (Lipinski definition) is 5. The minimum Gasteiger partial charge on any atom is -0.486 e. The number of hydrogen-bond donors (Lipinski definition) is 2. The Morgan fingerprint density at radius 3 is 2.11 bits per heavy atom. The number of rotatable bonds is 8. The fraction of sp³-hybridized carbons (Fsp3) is 0.320. The first-order valence-corrected chi connectivity index (χ1v) is 10.9. The maximum Gasteiger partial charge on any atom is 0.416 e. The molecule has 13 heteroatoms. The lowest BCUT2D eigenvalue weighted by Crippen LogP contribution is -2.56. The van der Waals surface area contributed by atoms with E-state index in [9.17, 15) is 41.0 Å².